The quantitative estimate of drug-likeness (QED) is 0.849. The van der Waals surface area contributed by atoms with Gasteiger partial charge in [0.2, 0.25) is 5.09 Å². The third kappa shape index (κ3) is 3.33. The Morgan fingerprint density at radius 2 is 2.11 bits per heavy atom. The van der Waals surface area contributed by atoms with Gasteiger partial charge in [0.1, 0.15) is 5.58 Å². The molecule has 0 fully saturated rings. The summed E-state index contributed by atoms with van der Waals surface area (Å²) in [6.07, 6.45) is 0.547. The van der Waals surface area contributed by atoms with Crippen LogP contribution in [-0.2, 0) is 26.0 Å². The lowest BCUT2D eigenvalue weighted by Gasteiger charge is -2.01. The van der Waals surface area contributed by atoms with Crippen LogP contribution in [0.4, 0.5) is 0 Å². The van der Waals surface area contributed by atoms with E-state index in [4.69, 9.17) is 14.3 Å². The van der Waals surface area contributed by atoms with Crippen LogP contribution in [0.5, 0.6) is 0 Å². The van der Waals surface area contributed by atoms with Crippen LogP contribution < -0.4 is 5.14 Å². The van der Waals surface area contributed by atoms with Crippen molar-refractivity contribution < 1.29 is 22.4 Å². The second-order valence-electron chi connectivity index (χ2n) is 4.07. The monoisotopic (exact) mass is 283 g/mol. The second kappa shape index (κ2) is 5.02. The first-order valence-electron chi connectivity index (χ1n) is 5.55. The summed E-state index contributed by atoms with van der Waals surface area (Å²) in [7, 11) is -3.84. The zero-order valence-corrected chi connectivity index (χ0v) is 11.1. The smallest absolute Gasteiger partial charge is 0.302 e. The lowest BCUT2D eigenvalue weighted by Crippen LogP contribution is -2.10. The standard InChI is InChI=1S/C12H13NO5S/c1-8(14)17-5-4-9-2-3-11-10(6-9)7-12(18-11)19(13,15)16/h2-3,6-7H,4-5H2,1H3,(H2,13,15,16). The summed E-state index contributed by atoms with van der Waals surface area (Å²) < 4.78 is 32.3. The molecule has 0 aliphatic carbocycles. The highest BCUT2D eigenvalue weighted by Gasteiger charge is 2.14. The van der Waals surface area contributed by atoms with Crippen molar-refractivity contribution in [3.63, 3.8) is 0 Å². The third-order valence-corrected chi connectivity index (χ3v) is 3.30. The number of carbonyl (C=O) groups is 1. The average molecular weight is 283 g/mol. The fourth-order valence-electron chi connectivity index (χ4n) is 1.68. The number of sulfonamides is 1. The van der Waals surface area contributed by atoms with Crippen LogP contribution in [0.2, 0.25) is 0 Å². The molecule has 0 saturated heterocycles. The SMILES string of the molecule is CC(=O)OCCc1ccc2oc(S(N)(=O)=O)cc2c1. The summed E-state index contributed by atoms with van der Waals surface area (Å²) in [6.45, 7) is 1.62. The van der Waals surface area contributed by atoms with E-state index < -0.39 is 10.0 Å². The topological polar surface area (TPSA) is 99.6 Å². The highest BCUT2D eigenvalue weighted by Crippen LogP contribution is 2.23. The fourth-order valence-corrected chi connectivity index (χ4v) is 2.17. The predicted molar refractivity (Wildman–Crippen MR) is 67.9 cm³/mol. The first kappa shape index (κ1) is 13.6. The average Bonchev–Trinajstić information content (AvgIpc) is 2.71. The molecule has 0 atom stereocenters. The van der Waals surface area contributed by atoms with Crippen LogP contribution in [0.3, 0.4) is 0 Å². The Balaban J connectivity index is 2.23. The minimum atomic E-state index is -3.84. The molecular formula is C12H13NO5S. The first-order chi connectivity index (χ1) is 8.86. The van der Waals surface area contributed by atoms with Gasteiger partial charge < -0.3 is 9.15 Å². The van der Waals surface area contributed by atoms with Crippen molar-refractivity contribution in [2.24, 2.45) is 5.14 Å². The van der Waals surface area contributed by atoms with Crippen molar-refractivity contribution in [1.29, 1.82) is 0 Å². The van der Waals surface area contributed by atoms with Gasteiger partial charge in [0.25, 0.3) is 10.0 Å². The van der Waals surface area contributed by atoms with Crippen LogP contribution in [-0.4, -0.2) is 21.0 Å². The van der Waals surface area contributed by atoms with Gasteiger partial charge >= 0.3 is 5.97 Å². The number of carbonyl (C=O) groups excluding carboxylic acids is 1. The summed E-state index contributed by atoms with van der Waals surface area (Å²) in [4.78, 5) is 10.6. The van der Waals surface area contributed by atoms with Crippen molar-refractivity contribution >= 4 is 27.0 Å². The molecule has 0 aliphatic heterocycles. The van der Waals surface area contributed by atoms with Gasteiger partial charge in [-0.25, -0.2) is 13.6 Å². The van der Waals surface area contributed by atoms with E-state index in [0.717, 1.165) is 5.56 Å². The molecule has 6 nitrogen and oxygen atoms in total. The van der Waals surface area contributed by atoms with Gasteiger partial charge in [0.15, 0.2) is 0 Å². The molecule has 1 heterocycles. The van der Waals surface area contributed by atoms with Crippen LogP contribution in [0.25, 0.3) is 11.0 Å². The maximum Gasteiger partial charge on any atom is 0.302 e. The lowest BCUT2D eigenvalue weighted by atomic mass is 10.1. The van der Waals surface area contributed by atoms with Gasteiger partial charge in [-0.1, -0.05) is 6.07 Å². The van der Waals surface area contributed by atoms with Crippen molar-refractivity contribution in [3.8, 4) is 0 Å². The molecule has 7 heteroatoms. The number of furan rings is 1. The highest BCUT2D eigenvalue weighted by molar-refractivity contribution is 7.89. The molecule has 1 aromatic carbocycles. The molecule has 0 bridgehead atoms. The molecule has 0 radical (unpaired) electrons. The molecule has 2 rings (SSSR count). The van der Waals surface area contributed by atoms with Crippen LogP contribution in [0.15, 0.2) is 33.8 Å². The van der Waals surface area contributed by atoms with Gasteiger partial charge in [0.05, 0.1) is 6.61 Å². The summed E-state index contributed by atoms with van der Waals surface area (Å²) in [5.41, 5.74) is 1.36. The summed E-state index contributed by atoms with van der Waals surface area (Å²) >= 11 is 0. The Kier molecular flexibility index (Phi) is 3.59. The number of rotatable bonds is 4. The van der Waals surface area contributed by atoms with Crippen molar-refractivity contribution in [3.05, 3.63) is 29.8 Å². The van der Waals surface area contributed by atoms with E-state index in [1.807, 2.05) is 0 Å². The molecule has 102 valence electrons. The molecule has 2 N–H and O–H groups in total. The zero-order chi connectivity index (χ0) is 14.0. The Morgan fingerprint density at radius 1 is 1.37 bits per heavy atom. The van der Waals surface area contributed by atoms with Gasteiger partial charge in [0, 0.05) is 24.8 Å². The number of esters is 1. The van der Waals surface area contributed by atoms with E-state index >= 15 is 0 Å². The van der Waals surface area contributed by atoms with E-state index in [1.165, 1.54) is 13.0 Å². The normalized spacial score (nSPS) is 11.7. The highest BCUT2D eigenvalue weighted by atomic mass is 32.2. The summed E-state index contributed by atoms with van der Waals surface area (Å²) in [5.74, 6) is -0.332. The van der Waals surface area contributed by atoms with E-state index in [-0.39, 0.29) is 17.7 Å². The van der Waals surface area contributed by atoms with Gasteiger partial charge in [-0.05, 0) is 17.7 Å². The Morgan fingerprint density at radius 3 is 2.74 bits per heavy atom. The Bertz CT molecular complexity index is 717. The Hall–Kier alpha value is -1.86. The van der Waals surface area contributed by atoms with Crippen molar-refractivity contribution in [1.82, 2.24) is 0 Å². The third-order valence-electron chi connectivity index (χ3n) is 2.53. The van der Waals surface area contributed by atoms with E-state index in [2.05, 4.69) is 0 Å². The second-order valence-corrected chi connectivity index (χ2v) is 5.57. The lowest BCUT2D eigenvalue weighted by molar-refractivity contribution is -0.140. The maximum absolute atomic E-state index is 11.2. The number of primary sulfonamides is 1. The minimum Gasteiger partial charge on any atom is -0.466 e. The minimum absolute atomic E-state index is 0.264. The van der Waals surface area contributed by atoms with E-state index in [0.29, 0.717) is 17.4 Å². The first-order valence-corrected chi connectivity index (χ1v) is 7.09. The number of ether oxygens (including phenoxy) is 1. The summed E-state index contributed by atoms with van der Waals surface area (Å²) in [5, 5.41) is 5.37. The Labute approximate surface area is 110 Å². The zero-order valence-electron chi connectivity index (χ0n) is 10.3. The van der Waals surface area contributed by atoms with Gasteiger partial charge in [-0.2, -0.15) is 0 Å². The van der Waals surface area contributed by atoms with Crippen LogP contribution in [0, 0.1) is 0 Å². The number of hydrogen-bond acceptors (Lipinski definition) is 5. The molecule has 0 aliphatic rings. The molecule has 19 heavy (non-hydrogen) atoms. The molecule has 0 spiro atoms. The molecule has 1 aromatic heterocycles. The van der Waals surface area contributed by atoms with E-state index in [1.54, 1.807) is 18.2 Å². The molecule has 0 saturated carbocycles. The van der Waals surface area contributed by atoms with Crippen molar-refractivity contribution in [2.45, 2.75) is 18.4 Å². The number of nitrogens with two attached hydrogens (primary N) is 1. The fraction of sp³-hybridized carbons (Fsp3) is 0.250. The number of fused-ring (bicyclic) bond motifs is 1. The van der Waals surface area contributed by atoms with Crippen molar-refractivity contribution in [2.75, 3.05) is 6.61 Å². The predicted octanol–water partition coefficient (Wildman–Crippen LogP) is 1.19. The molecule has 0 amide bonds. The number of benzene rings is 1. The summed E-state index contributed by atoms with van der Waals surface area (Å²) in [6, 6.07) is 6.59. The van der Waals surface area contributed by atoms with Crippen LogP contribution in [0.1, 0.15) is 12.5 Å². The largest absolute Gasteiger partial charge is 0.466 e. The molecule has 2 aromatic rings. The van der Waals surface area contributed by atoms with Crippen LogP contribution >= 0.6 is 0 Å². The molecule has 0 unspecified atom stereocenters. The number of hydrogen-bond donors (Lipinski definition) is 1. The van der Waals surface area contributed by atoms with Gasteiger partial charge in [-0.3, -0.25) is 4.79 Å². The van der Waals surface area contributed by atoms with Gasteiger partial charge in [-0.15, -0.1) is 0 Å². The van der Waals surface area contributed by atoms with E-state index in [9.17, 15) is 13.2 Å². The molecular weight excluding hydrogens is 270 g/mol. The maximum atomic E-state index is 11.2.